The maximum Gasteiger partial charge on any atom is 0.243 e. The smallest absolute Gasteiger partial charge is 0.243 e. The van der Waals surface area contributed by atoms with E-state index in [2.05, 4.69) is 15.2 Å². The maximum atomic E-state index is 13.5. The molecule has 0 saturated carbocycles. The molecule has 0 bridgehead atoms. The highest BCUT2D eigenvalue weighted by Gasteiger charge is 2.27. The number of piperidine rings is 1. The van der Waals surface area contributed by atoms with Crippen molar-refractivity contribution in [3.05, 3.63) is 107 Å². The Kier molecular flexibility index (Phi) is 9.33. The van der Waals surface area contributed by atoms with E-state index in [1.165, 1.54) is 24.3 Å². The lowest BCUT2D eigenvalue weighted by Gasteiger charge is -2.38. The number of unbranched alkanes of at least 4 members (excludes halogenated alkanes) is 1. The summed E-state index contributed by atoms with van der Waals surface area (Å²) < 4.78 is 27.1. The third-order valence-corrected chi connectivity index (χ3v) is 6.84. The Morgan fingerprint density at radius 3 is 2.19 bits per heavy atom. The first-order valence-corrected chi connectivity index (χ1v) is 12.7. The van der Waals surface area contributed by atoms with Crippen molar-refractivity contribution in [2.24, 2.45) is 5.92 Å². The first-order chi connectivity index (χ1) is 17.6. The van der Waals surface area contributed by atoms with Gasteiger partial charge in [0.25, 0.3) is 0 Å². The summed E-state index contributed by atoms with van der Waals surface area (Å²) in [5.74, 6) is 0.0661. The molecule has 0 aliphatic carbocycles. The molecule has 1 fully saturated rings. The summed E-state index contributed by atoms with van der Waals surface area (Å²) in [5.41, 5.74) is 2.95. The average Bonchev–Trinajstić information content (AvgIpc) is 2.91. The van der Waals surface area contributed by atoms with E-state index < -0.39 is 0 Å². The number of pyridine rings is 1. The molecule has 0 spiro atoms. The Balaban J connectivity index is 1.21. The Morgan fingerprint density at radius 2 is 1.61 bits per heavy atom. The fraction of sp³-hybridized carbons (Fsp3) is 0.333. The molecule has 0 unspecified atom stereocenters. The molecule has 1 amide bonds. The third-order valence-electron chi connectivity index (χ3n) is 6.84. The summed E-state index contributed by atoms with van der Waals surface area (Å²) in [6.07, 6.45) is 12.1. The zero-order valence-corrected chi connectivity index (χ0v) is 20.5. The number of halogens is 2. The maximum absolute atomic E-state index is 13.5. The van der Waals surface area contributed by atoms with Crippen LogP contribution in [-0.2, 0) is 4.79 Å². The molecular weight excluding hydrogens is 456 g/mol. The van der Waals surface area contributed by atoms with Gasteiger partial charge < -0.3 is 5.32 Å². The van der Waals surface area contributed by atoms with Gasteiger partial charge in [-0.2, -0.15) is 0 Å². The van der Waals surface area contributed by atoms with Crippen molar-refractivity contribution >= 4 is 12.0 Å². The van der Waals surface area contributed by atoms with Crippen molar-refractivity contribution in [2.75, 3.05) is 19.6 Å². The second-order valence-electron chi connectivity index (χ2n) is 9.39. The van der Waals surface area contributed by atoms with Gasteiger partial charge in [0.05, 0.1) is 6.04 Å². The third kappa shape index (κ3) is 7.56. The molecule has 4 nitrogen and oxygen atoms in total. The summed E-state index contributed by atoms with van der Waals surface area (Å²) in [4.78, 5) is 18.4. The molecule has 1 N–H and O–H groups in total. The normalized spacial score (nSPS) is 15.0. The molecule has 3 aromatic rings. The highest BCUT2D eigenvalue weighted by molar-refractivity contribution is 5.91. The van der Waals surface area contributed by atoms with Crippen LogP contribution < -0.4 is 5.32 Å². The number of aromatic nitrogens is 1. The second kappa shape index (κ2) is 13.1. The minimum absolute atomic E-state index is 0.0120. The number of nitrogens with zero attached hydrogens (tertiary/aromatic N) is 2. The van der Waals surface area contributed by atoms with E-state index in [0.717, 1.165) is 61.9 Å². The first-order valence-electron chi connectivity index (χ1n) is 12.7. The van der Waals surface area contributed by atoms with E-state index in [0.29, 0.717) is 12.5 Å². The van der Waals surface area contributed by atoms with Crippen molar-refractivity contribution in [1.82, 2.24) is 15.2 Å². The largest absolute Gasteiger partial charge is 0.353 e. The van der Waals surface area contributed by atoms with Crippen LogP contribution in [0.1, 0.15) is 54.8 Å². The van der Waals surface area contributed by atoms with Crippen LogP contribution in [0.4, 0.5) is 8.78 Å². The van der Waals surface area contributed by atoms with E-state index in [1.807, 2.05) is 36.4 Å². The van der Waals surface area contributed by atoms with Gasteiger partial charge in [-0.1, -0.05) is 43.2 Å². The number of carbonyl (C=O) groups is 1. The van der Waals surface area contributed by atoms with Crippen molar-refractivity contribution in [3.63, 3.8) is 0 Å². The number of benzene rings is 2. The molecule has 188 valence electrons. The number of nitrogens with one attached hydrogen (secondary N) is 1. The van der Waals surface area contributed by atoms with E-state index in [-0.39, 0.29) is 23.6 Å². The van der Waals surface area contributed by atoms with Gasteiger partial charge in [-0.25, -0.2) is 8.78 Å². The fourth-order valence-electron chi connectivity index (χ4n) is 4.88. The van der Waals surface area contributed by atoms with Gasteiger partial charge in [-0.3, -0.25) is 14.7 Å². The van der Waals surface area contributed by atoms with Crippen LogP contribution in [0.25, 0.3) is 6.08 Å². The molecule has 4 rings (SSSR count). The fourth-order valence-corrected chi connectivity index (χ4v) is 4.88. The van der Waals surface area contributed by atoms with Gasteiger partial charge in [-0.05, 0) is 91.4 Å². The predicted molar refractivity (Wildman–Crippen MR) is 139 cm³/mol. The molecule has 0 radical (unpaired) electrons. The number of carbonyl (C=O) groups excluding carboxylic acids is 1. The van der Waals surface area contributed by atoms with Crippen molar-refractivity contribution in [2.45, 2.75) is 38.1 Å². The van der Waals surface area contributed by atoms with E-state index >= 15 is 0 Å². The quantitative estimate of drug-likeness (QED) is 0.274. The van der Waals surface area contributed by atoms with Crippen LogP contribution in [0.3, 0.4) is 0 Å². The standard InChI is InChI=1S/C30H33F2N3O/c31-27-11-7-25(8-12-27)30(26-9-13-28(32)14-10-26)35-20-16-23(17-21-35)4-1-2-19-34-29(36)15-6-24-5-3-18-33-22-24/h3,5-15,18,22-23,30H,1-2,4,16-17,19-21H2,(H,34,36)/b15-6+. The molecule has 1 aromatic heterocycles. The van der Waals surface area contributed by atoms with Gasteiger partial charge in [0.1, 0.15) is 11.6 Å². The molecule has 2 heterocycles. The molecule has 36 heavy (non-hydrogen) atoms. The molecule has 2 aromatic carbocycles. The Morgan fingerprint density at radius 1 is 0.972 bits per heavy atom. The summed E-state index contributed by atoms with van der Waals surface area (Å²) in [5, 5.41) is 2.95. The highest BCUT2D eigenvalue weighted by atomic mass is 19.1. The van der Waals surface area contributed by atoms with Gasteiger partial charge in [0, 0.05) is 25.0 Å². The van der Waals surface area contributed by atoms with Gasteiger partial charge in [0.2, 0.25) is 5.91 Å². The Bertz CT molecular complexity index is 1060. The lowest BCUT2D eigenvalue weighted by molar-refractivity contribution is -0.116. The Labute approximate surface area is 212 Å². The number of hydrogen-bond donors (Lipinski definition) is 1. The van der Waals surface area contributed by atoms with Crippen LogP contribution in [0, 0.1) is 17.6 Å². The zero-order chi connectivity index (χ0) is 25.2. The number of likely N-dealkylation sites (tertiary alicyclic amines) is 1. The average molecular weight is 490 g/mol. The first kappa shape index (κ1) is 25.7. The van der Waals surface area contributed by atoms with Crippen molar-refractivity contribution in [1.29, 1.82) is 0 Å². The van der Waals surface area contributed by atoms with E-state index in [4.69, 9.17) is 0 Å². The van der Waals surface area contributed by atoms with Gasteiger partial charge in [-0.15, -0.1) is 0 Å². The van der Waals surface area contributed by atoms with E-state index in [9.17, 15) is 13.6 Å². The predicted octanol–water partition coefficient (Wildman–Crippen LogP) is 6.16. The van der Waals surface area contributed by atoms with Crippen molar-refractivity contribution < 1.29 is 13.6 Å². The minimum Gasteiger partial charge on any atom is -0.353 e. The summed E-state index contributed by atoms with van der Waals surface area (Å²) in [6.45, 7) is 2.56. The highest BCUT2D eigenvalue weighted by Crippen LogP contribution is 2.33. The SMILES string of the molecule is O=C(/C=C/c1cccnc1)NCCCCC1CCN(C(c2ccc(F)cc2)c2ccc(F)cc2)CC1. The number of amides is 1. The van der Waals surface area contributed by atoms with Crippen molar-refractivity contribution in [3.8, 4) is 0 Å². The molecule has 1 aliphatic rings. The lowest BCUT2D eigenvalue weighted by Crippen LogP contribution is -2.37. The molecular formula is C30H33F2N3O. The van der Waals surface area contributed by atoms with Gasteiger partial charge >= 0.3 is 0 Å². The van der Waals surface area contributed by atoms with Crippen LogP contribution in [-0.4, -0.2) is 35.4 Å². The number of rotatable bonds is 10. The molecule has 1 aliphatic heterocycles. The second-order valence-corrected chi connectivity index (χ2v) is 9.39. The van der Waals surface area contributed by atoms with Crippen LogP contribution in [0.15, 0.2) is 79.1 Å². The minimum atomic E-state index is -0.254. The van der Waals surface area contributed by atoms with Crippen LogP contribution in [0.2, 0.25) is 0 Å². The molecule has 0 atom stereocenters. The zero-order valence-electron chi connectivity index (χ0n) is 20.5. The summed E-state index contributed by atoms with van der Waals surface area (Å²) >= 11 is 0. The van der Waals surface area contributed by atoms with E-state index in [1.54, 1.807) is 24.5 Å². The summed E-state index contributed by atoms with van der Waals surface area (Å²) in [6, 6.07) is 17.0. The lowest BCUT2D eigenvalue weighted by atomic mass is 9.88. The molecule has 1 saturated heterocycles. The van der Waals surface area contributed by atoms with Crippen LogP contribution in [0.5, 0.6) is 0 Å². The monoisotopic (exact) mass is 489 g/mol. The van der Waals surface area contributed by atoms with Crippen LogP contribution >= 0.6 is 0 Å². The topological polar surface area (TPSA) is 45.2 Å². The Hall–Kier alpha value is -3.38. The van der Waals surface area contributed by atoms with Gasteiger partial charge in [0.15, 0.2) is 0 Å². The summed E-state index contributed by atoms with van der Waals surface area (Å²) in [7, 11) is 0. The number of hydrogen-bond acceptors (Lipinski definition) is 3. The molecule has 6 heteroatoms.